The van der Waals surface area contributed by atoms with Gasteiger partial charge in [0.05, 0.1) is 0 Å². The number of rotatable bonds is 3. The van der Waals surface area contributed by atoms with Crippen LogP contribution in [0.2, 0.25) is 0 Å². The Kier molecular flexibility index (Phi) is 3.94. The monoisotopic (exact) mass is 249 g/mol. The van der Waals surface area contributed by atoms with Gasteiger partial charge in [-0.3, -0.25) is 0 Å². The third kappa shape index (κ3) is 2.49. The summed E-state index contributed by atoms with van der Waals surface area (Å²) >= 11 is 0. The maximum Gasteiger partial charge on any atom is 0.200 e. The average Bonchev–Trinajstić information content (AvgIpc) is 2.30. The van der Waals surface area contributed by atoms with Gasteiger partial charge in [0.1, 0.15) is 5.69 Å². The first-order valence-electron chi connectivity index (χ1n) is 4.61. The van der Waals surface area contributed by atoms with E-state index in [1.807, 2.05) is 0 Å². The molecule has 1 nitrogen and oxygen atoms in total. The quantitative estimate of drug-likeness (QED) is 0.375. The van der Waals surface area contributed by atoms with Gasteiger partial charge in [-0.05, 0) is 6.92 Å². The van der Waals surface area contributed by atoms with Gasteiger partial charge in [0.2, 0.25) is 5.82 Å². The van der Waals surface area contributed by atoms with Crippen LogP contribution in [0.3, 0.4) is 0 Å². The van der Waals surface area contributed by atoms with Gasteiger partial charge in [-0.1, -0.05) is 0 Å². The molecular weight excluding hydrogens is 241 g/mol. The summed E-state index contributed by atoms with van der Waals surface area (Å²) in [5.74, 6) is -7.76. The minimum absolute atomic E-state index is 0.0828. The predicted molar refractivity (Wildman–Crippen MR) is 52.8 cm³/mol. The highest BCUT2D eigenvalue weighted by molar-refractivity contribution is 5.48. The maximum atomic E-state index is 13.2. The molecule has 0 aliphatic heterocycles. The first kappa shape index (κ1) is 13.3. The number of terminal acetylenes is 1. The fraction of sp³-hybridized carbons (Fsp3) is 0.273. The third-order valence-corrected chi connectivity index (χ3v) is 2.02. The summed E-state index contributed by atoms with van der Waals surface area (Å²) in [4.78, 5) is 0. The van der Waals surface area contributed by atoms with Crippen molar-refractivity contribution in [3.8, 4) is 12.3 Å². The predicted octanol–water partition coefficient (Wildman–Crippen LogP) is 3.21. The molecule has 0 aliphatic carbocycles. The molecule has 0 saturated heterocycles. The van der Waals surface area contributed by atoms with E-state index < -0.39 is 40.8 Å². The molecule has 1 N–H and O–H groups in total. The number of benzene rings is 1. The van der Waals surface area contributed by atoms with E-state index in [9.17, 15) is 22.0 Å². The van der Waals surface area contributed by atoms with Crippen molar-refractivity contribution in [3.63, 3.8) is 0 Å². The number of nitrogens with one attached hydrogen (secondary N) is 1. The zero-order valence-corrected chi connectivity index (χ0v) is 8.75. The molecule has 0 aromatic heterocycles. The van der Waals surface area contributed by atoms with Crippen LogP contribution in [0.1, 0.15) is 13.3 Å². The maximum absolute atomic E-state index is 13.2. The first-order valence-corrected chi connectivity index (χ1v) is 4.61. The zero-order chi connectivity index (χ0) is 13.2. The van der Waals surface area contributed by atoms with E-state index in [-0.39, 0.29) is 6.42 Å². The minimum Gasteiger partial charge on any atom is -0.377 e. The van der Waals surface area contributed by atoms with Crippen LogP contribution in [-0.4, -0.2) is 6.04 Å². The van der Waals surface area contributed by atoms with Crippen LogP contribution in [0, 0.1) is 41.4 Å². The van der Waals surface area contributed by atoms with E-state index in [4.69, 9.17) is 6.42 Å². The Hall–Kier alpha value is -1.77. The van der Waals surface area contributed by atoms with Gasteiger partial charge >= 0.3 is 0 Å². The largest absolute Gasteiger partial charge is 0.377 e. The van der Waals surface area contributed by atoms with Crippen LogP contribution in [-0.2, 0) is 0 Å². The molecule has 1 rings (SSSR count). The van der Waals surface area contributed by atoms with Crippen molar-refractivity contribution in [1.29, 1.82) is 0 Å². The number of anilines is 1. The highest BCUT2D eigenvalue weighted by Crippen LogP contribution is 2.27. The Labute approximate surface area is 94.6 Å². The van der Waals surface area contributed by atoms with Gasteiger partial charge in [-0.15, -0.1) is 12.3 Å². The molecule has 0 bridgehead atoms. The second kappa shape index (κ2) is 5.04. The van der Waals surface area contributed by atoms with Gasteiger partial charge in [0, 0.05) is 12.5 Å². The lowest BCUT2D eigenvalue weighted by Crippen LogP contribution is -2.18. The normalized spacial score (nSPS) is 12.1. The van der Waals surface area contributed by atoms with Gasteiger partial charge in [-0.25, -0.2) is 22.0 Å². The Balaban J connectivity index is 3.21. The fourth-order valence-corrected chi connectivity index (χ4v) is 1.21. The van der Waals surface area contributed by atoms with Crippen LogP contribution in [0.5, 0.6) is 0 Å². The van der Waals surface area contributed by atoms with Crippen molar-refractivity contribution < 1.29 is 22.0 Å². The van der Waals surface area contributed by atoms with E-state index in [0.29, 0.717) is 0 Å². The van der Waals surface area contributed by atoms with Crippen LogP contribution < -0.4 is 5.32 Å². The summed E-state index contributed by atoms with van der Waals surface area (Å²) in [6.07, 6.45) is 5.04. The van der Waals surface area contributed by atoms with Crippen LogP contribution in [0.15, 0.2) is 0 Å². The molecule has 0 fully saturated rings. The standard InChI is InChI=1S/C11H8F5N/c1-3-4-5(2)17-11-9(15)7(13)6(12)8(14)10(11)16/h1,5,17H,4H2,2H3. The smallest absolute Gasteiger partial charge is 0.200 e. The summed E-state index contributed by atoms with van der Waals surface area (Å²) in [6, 6.07) is -0.617. The molecule has 1 unspecified atom stereocenters. The Morgan fingerprint density at radius 3 is 1.82 bits per heavy atom. The number of hydrogen-bond donors (Lipinski definition) is 1. The van der Waals surface area contributed by atoms with Crippen LogP contribution in [0.4, 0.5) is 27.6 Å². The summed E-state index contributed by atoms with van der Waals surface area (Å²) in [6.45, 7) is 1.46. The van der Waals surface area contributed by atoms with Gasteiger partial charge in [0.15, 0.2) is 23.3 Å². The van der Waals surface area contributed by atoms with Gasteiger partial charge < -0.3 is 5.32 Å². The molecule has 0 aliphatic rings. The fourth-order valence-electron chi connectivity index (χ4n) is 1.21. The lowest BCUT2D eigenvalue weighted by atomic mass is 10.2. The molecule has 1 aromatic carbocycles. The Morgan fingerprint density at radius 2 is 1.41 bits per heavy atom. The summed E-state index contributed by atoms with van der Waals surface area (Å²) in [5.41, 5.74) is -1.07. The van der Waals surface area contributed by atoms with E-state index in [0.717, 1.165) is 0 Å². The first-order chi connectivity index (χ1) is 7.90. The lowest BCUT2D eigenvalue weighted by molar-refractivity contribution is 0.381. The molecule has 1 aromatic rings. The van der Waals surface area contributed by atoms with E-state index in [1.165, 1.54) is 6.92 Å². The molecule has 0 radical (unpaired) electrons. The van der Waals surface area contributed by atoms with Crippen molar-refractivity contribution in [1.82, 2.24) is 0 Å². The molecule has 92 valence electrons. The van der Waals surface area contributed by atoms with Crippen molar-refractivity contribution in [2.75, 3.05) is 5.32 Å². The van der Waals surface area contributed by atoms with E-state index in [2.05, 4.69) is 11.2 Å². The molecule has 0 saturated carbocycles. The second-order valence-corrected chi connectivity index (χ2v) is 3.40. The van der Waals surface area contributed by atoms with Crippen molar-refractivity contribution >= 4 is 5.69 Å². The lowest BCUT2D eigenvalue weighted by Gasteiger charge is -2.15. The minimum atomic E-state index is -2.19. The molecule has 0 spiro atoms. The van der Waals surface area contributed by atoms with E-state index in [1.54, 1.807) is 0 Å². The molecular formula is C11H8F5N. The number of hydrogen-bond acceptors (Lipinski definition) is 1. The number of halogens is 5. The van der Waals surface area contributed by atoms with Crippen LogP contribution in [0.25, 0.3) is 0 Å². The second-order valence-electron chi connectivity index (χ2n) is 3.40. The van der Waals surface area contributed by atoms with Crippen molar-refractivity contribution in [2.45, 2.75) is 19.4 Å². The van der Waals surface area contributed by atoms with Crippen LogP contribution >= 0.6 is 0 Å². The average molecular weight is 249 g/mol. The molecule has 6 heteroatoms. The summed E-state index contributed by atoms with van der Waals surface area (Å²) in [5, 5.41) is 2.15. The Morgan fingerprint density at radius 1 is 1.00 bits per heavy atom. The summed E-state index contributed by atoms with van der Waals surface area (Å²) in [7, 11) is 0. The molecule has 17 heavy (non-hydrogen) atoms. The molecule has 0 heterocycles. The van der Waals surface area contributed by atoms with Crippen molar-refractivity contribution in [2.24, 2.45) is 0 Å². The zero-order valence-electron chi connectivity index (χ0n) is 8.75. The van der Waals surface area contributed by atoms with E-state index >= 15 is 0 Å². The van der Waals surface area contributed by atoms with Crippen molar-refractivity contribution in [3.05, 3.63) is 29.1 Å². The third-order valence-electron chi connectivity index (χ3n) is 2.02. The molecule has 0 amide bonds. The SMILES string of the molecule is C#CCC(C)Nc1c(F)c(F)c(F)c(F)c1F. The summed E-state index contributed by atoms with van der Waals surface area (Å²) < 4.78 is 64.6. The highest BCUT2D eigenvalue weighted by atomic mass is 19.2. The Bertz CT molecular complexity index is 449. The topological polar surface area (TPSA) is 12.0 Å². The highest BCUT2D eigenvalue weighted by Gasteiger charge is 2.26. The van der Waals surface area contributed by atoms with Gasteiger partial charge in [-0.2, -0.15) is 0 Å². The van der Waals surface area contributed by atoms with Gasteiger partial charge in [0.25, 0.3) is 0 Å². The molecule has 1 atom stereocenters.